The maximum absolute atomic E-state index is 14.5. The van der Waals surface area contributed by atoms with Crippen molar-refractivity contribution in [2.24, 2.45) is 11.5 Å². The Morgan fingerprint density at radius 1 is 0.384 bits per heavy atom. The Bertz CT molecular complexity index is 3020. The van der Waals surface area contributed by atoms with Crippen molar-refractivity contribution in [3.05, 3.63) is 203 Å². The van der Waals surface area contributed by atoms with Crippen molar-refractivity contribution >= 4 is 47.3 Å². The van der Waals surface area contributed by atoms with Gasteiger partial charge in [0.25, 0.3) is 0 Å². The van der Waals surface area contributed by atoms with Gasteiger partial charge < -0.3 is 63.4 Å². The van der Waals surface area contributed by atoms with E-state index in [4.69, 9.17) is 11.5 Å². The van der Waals surface area contributed by atoms with Crippen LogP contribution < -0.4 is 43.4 Å². The van der Waals surface area contributed by atoms with E-state index in [0.717, 1.165) is 33.4 Å². The van der Waals surface area contributed by atoms with Gasteiger partial charge in [-0.15, -0.1) is 0 Å². The molecule has 2 fully saturated rings. The van der Waals surface area contributed by atoms with Gasteiger partial charge in [0.2, 0.25) is 47.3 Å². The predicted molar refractivity (Wildman–Crippen MR) is 323 cm³/mol. The number of rotatable bonds is 27. The zero-order valence-corrected chi connectivity index (χ0v) is 47.9. The first kappa shape index (κ1) is 62.6. The molecule has 0 radical (unpaired) electrons. The van der Waals surface area contributed by atoms with E-state index < -0.39 is 95.6 Å². The van der Waals surface area contributed by atoms with Gasteiger partial charge in [0.05, 0.1) is 12.1 Å². The standard InChI is InChI=1S/C66H76N10O10/c67-51(37-47-25-29-49(77)30-26-47)65(85)75-35-13-23-57(75)63(83)73-55(41-45-19-9-3-10-20-45)61(81)71-53(39-43-15-5-1-6-16-43)59(79)69-33-34-70-60(80)54(40-44-17-7-2-8-18-44)72-62(82)56(42-46-21-11-4-12-22-46)74-64(84)58-24-14-36-76(58)66(86)52(68)38-48-27-31-50(78)32-28-48/h1-12,15-22,25-32,51-58,77-78H,13-14,23-24,33-42,67-68H2,(H,69,79)(H,70,80)(H,71,81)(H,72,82)(H,73,83)(H,74,84)/t51-,52-,53-,54-,55-,56-,57-,58-/m0/s1. The summed E-state index contributed by atoms with van der Waals surface area (Å²) >= 11 is 0. The monoisotopic (exact) mass is 1170 g/mol. The molecule has 0 saturated carbocycles. The molecule has 2 aliphatic rings. The third kappa shape index (κ3) is 18.1. The fraction of sp³-hybridized carbons (Fsp3) is 0.333. The number of benzene rings is 6. The minimum atomic E-state index is -1.18. The van der Waals surface area contributed by atoms with Crippen molar-refractivity contribution in [3.63, 3.8) is 0 Å². The average Bonchev–Trinajstić information content (AvgIpc) is 4.06. The predicted octanol–water partition coefficient (Wildman–Crippen LogP) is 2.66. The largest absolute Gasteiger partial charge is 0.508 e. The number of hydrogen-bond donors (Lipinski definition) is 10. The van der Waals surface area contributed by atoms with Gasteiger partial charge in [-0.2, -0.15) is 0 Å². The second kappa shape index (κ2) is 30.9. The number of amides is 8. The normalized spacial score (nSPS) is 16.7. The highest BCUT2D eigenvalue weighted by molar-refractivity contribution is 5.97. The van der Waals surface area contributed by atoms with Gasteiger partial charge in [-0.1, -0.05) is 146 Å². The fourth-order valence-corrected chi connectivity index (χ4v) is 10.9. The highest BCUT2D eigenvalue weighted by Crippen LogP contribution is 2.23. The maximum atomic E-state index is 14.5. The number of nitrogens with two attached hydrogens (primary N) is 2. The van der Waals surface area contributed by atoms with Crippen molar-refractivity contribution in [2.75, 3.05) is 26.2 Å². The first-order valence-corrected chi connectivity index (χ1v) is 29.2. The summed E-state index contributed by atoms with van der Waals surface area (Å²) in [5.41, 5.74) is 17.2. The number of nitrogens with one attached hydrogen (secondary N) is 6. The molecule has 86 heavy (non-hydrogen) atoms. The van der Waals surface area contributed by atoms with Crippen LogP contribution in [-0.2, 0) is 76.9 Å². The Morgan fingerprint density at radius 2 is 0.663 bits per heavy atom. The highest BCUT2D eigenvalue weighted by Gasteiger charge is 2.40. The summed E-state index contributed by atoms with van der Waals surface area (Å²) in [4.78, 5) is 116. The quantitative estimate of drug-likeness (QED) is 0.0333. The molecule has 450 valence electrons. The van der Waals surface area contributed by atoms with Crippen molar-refractivity contribution in [3.8, 4) is 11.5 Å². The zero-order chi connectivity index (χ0) is 61.0. The van der Waals surface area contributed by atoms with Gasteiger partial charge in [-0.25, -0.2) is 0 Å². The molecule has 0 spiro atoms. The molecule has 0 aliphatic carbocycles. The summed E-state index contributed by atoms with van der Waals surface area (Å²) < 4.78 is 0. The molecule has 0 bridgehead atoms. The summed E-state index contributed by atoms with van der Waals surface area (Å²) in [5, 5.41) is 36.7. The maximum Gasteiger partial charge on any atom is 0.243 e. The van der Waals surface area contributed by atoms with E-state index in [1.54, 1.807) is 72.8 Å². The Balaban J connectivity index is 0.920. The molecule has 20 heteroatoms. The smallest absolute Gasteiger partial charge is 0.243 e. The number of aromatic hydroxyl groups is 2. The Kier molecular flexibility index (Phi) is 22.5. The molecule has 0 unspecified atom stereocenters. The van der Waals surface area contributed by atoms with Gasteiger partial charge in [-0.05, 0) is 96.2 Å². The van der Waals surface area contributed by atoms with Crippen molar-refractivity contribution < 1.29 is 48.6 Å². The van der Waals surface area contributed by atoms with Crippen LogP contribution in [0.4, 0.5) is 0 Å². The van der Waals surface area contributed by atoms with Crippen LogP contribution in [0.2, 0.25) is 0 Å². The number of carbonyl (C=O) groups excluding carboxylic acids is 8. The zero-order valence-electron chi connectivity index (χ0n) is 47.9. The lowest BCUT2D eigenvalue weighted by Crippen LogP contribution is -2.59. The van der Waals surface area contributed by atoms with Crippen LogP contribution in [0.15, 0.2) is 170 Å². The first-order chi connectivity index (χ1) is 41.6. The minimum absolute atomic E-state index is 0.0599. The molecule has 2 aliphatic heterocycles. The van der Waals surface area contributed by atoms with E-state index in [2.05, 4.69) is 31.9 Å². The number of carbonyl (C=O) groups is 8. The van der Waals surface area contributed by atoms with Crippen LogP contribution in [-0.4, -0.2) is 142 Å². The summed E-state index contributed by atoms with van der Waals surface area (Å²) in [5.74, 6) is -4.22. The summed E-state index contributed by atoms with van der Waals surface area (Å²) in [6.07, 6.45) is 2.38. The van der Waals surface area contributed by atoms with E-state index in [9.17, 15) is 48.6 Å². The van der Waals surface area contributed by atoms with E-state index in [0.29, 0.717) is 38.8 Å². The van der Waals surface area contributed by atoms with Crippen LogP contribution in [0.1, 0.15) is 59.1 Å². The van der Waals surface area contributed by atoms with Gasteiger partial charge >= 0.3 is 0 Å². The minimum Gasteiger partial charge on any atom is -0.508 e. The molecular formula is C66H76N10O10. The van der Waals surface area contributed by atoms with Crippen molar-refractivity contribution in [2.45, 2.75) is 113 Å². The van der Waals surface area contributed by atoms with Crippen LogP contribution in [0.3, 0.4) is 0 Å². The fourth-order valence-electron chi connectivity index (χ4n) is 10.9. The Morgan fingerprint density at radius 3 is 0.965 bits per heavy atom. The molecule has 2 heterocycles. The number of hydrogen-bond acceptors (Lipinski definition) is 12. The third-order valence-corrected chi connectivity index (χ3v) is 15.5. The lowest BCUT2D eigenvalue weighted by atomic mass is 10.0. The van der Waals surface area contributed by atoms with E-state index in [1.165, 1.54) is 34.1 Å². The third-order valence-electron chi connectivity index (χ3n) is 15.5. The molecule has 2 saturated heterocycles. The molecule has 8 atom stereocenters. The summed E-state index contributed by atoms with van der Waals surface area (Å²) in [7, 11) is 0. The van der Waals surface area contributed by atoms with Crippen LogP contribution in [0.25, 0.3) is 0 Å². The first-order valence-electron chi connectivity index (χ1n) is 29.2. The molecule has 0 aromatic heterocycles. The molecule has 12 N–H and O–H groups in total. The molecule has 8 rings (SSSR count). The second-order valence-corrected chi connectivity index (χ2v) is 21.9. The van der Waals surface area contributed by atoms with Gasteiger partial charge in [-0.3, -0.25) is 38.4 Å². The van der Waals surface area contributed by atoms with Crippen molar-refractivity contribution in [1.82, 2.24) is 41.7 Å². The summed E-state index contributed by atoms with van der Waals surface area (Å²) in [6, 6.07) is 40.6. The second-order valence-electron chi connectivity index (χ2n) is 21.9. The Hall–Kier alpha value is -9.40. The molecule has 8 amide bonds. The van der Waals surface area contributed by atoms with Gasteiger partial charge in [0.1, 0.15) is 47.8 Å². The van der Waals surface area contributed by atoms with Gasteiger partial charge in [0.15, 0.2) is 0 Å². The molecular weight excluding hydrogens is 1090 g/mol. The van der Waals surface area contributed by atoms with E-state index in [1.807, 2.05) is 72.8 Å². The van der Waals surface area contributed by atoms with E-state index >= 15 is 0 Å². The highest BCUT2D eigenvalue weighted by atomic mass is 16.3. The van der Waals surface area contributed by atoms with Crippen molar-refractivity contribution in [1.29, 1.82) is 0 Å². The average molecular weight is 1170 g/mol. The molecule has 6 aromatic rings. The van der Waals surface area contributed by atoms with Gasteiger partial charge in [0, 0.05) is 51.9 Å². The SMILES string of the molecule is N[C@@H](Cc1ccc(O)cc1)C(=O)N1CCC[C@H]1C(=O)N[C@@H](Cc1ccccc1)C(=O)N[C@@H](Cc1ccccc1)C(=O)NCCNC(=O)[C@H](Cc1ccccc1)NC(=O)[C@H](Cc1ccccc1)NC(=O)[C@@H]1CCCN1C(=O)[C@@H](N)Cc1ccc(O)cc1. The van der Waals surface area contributed by atoms with Crippen LogP contribution >= 0.6 is 0 Å². The lowest BCUT2D eigenvalue weighted by Gasteiger charge is -2.29. The molecule has 20 nitrogen and oxygen atoms in total. The number of likely N-dealkylation sites (tertiary alicyclic amines) is 2. The van der Waals surface area contributed by atoms with Crippen LogP contribution in [0.5, 0.6) is 11.5 Å². The Labute approximate surface area is 500 Å². The topological polar surface area (TPSA) is 308 Å². The number of phenolic OH excluding ortho intramolecular Hbond substituents is 2. The lowest BCUT2D eigenvalue weighted by molar-refractivity contribution is -0.140. The van der Waals surface area contributed by atoms with E-state index in [-0.39, 0.29) is 63.1 Å². The molecule has 6 aromatic carbocycles. The number of phenols is 2. The summed E-state index contributed by atoms with van der Waals surface area (Å²) in [6.45, 7) is 0.397. The number of nitrogens with zero attached hydrogens (tertiary/aromatic N) is 2. The van der Waals surface area contributed by atoms with Crippen LogP contribution in [0, 0.1) is 0 Å².